The van der Waals surface area contributed by atoms with Crippen LogP contribution >= 0.6 is 0 Å². The molecule has 1 aromatic carbocycles. The fourth-order valence-electron chi connectivity index (χ4n) is 2.81. The number of imidazole rings is 1. The van der Waals surface area contributed by atoms with Crippen molar-refractivity contribution in [2.24, 2.45) is 0 Å². The molecule has 0 radical (unpaired) electrons. The van der Waals surface area contributed by atoms with Gasteiger partial charge in [-0.05, 0) is 44.0 Å². The Kier molecular flexibility index (Phi) is 3.69. The van der Waals surface area contributed by atoms with Crippen LogP contribution in [-0.4, -0.2) is 36.1 Å². The van der Waals surface area contributed by atoms with Crippen molar-refractivity contribution in [2.45, 2.75) is 31.7 Å². The van der Waals surface area contributed by atoms with E-state index in [9.17, 15) is 0 Å². The smallest absolute Gasteiger partial charge is 0.0931 e. The summed E-state index contributed by atoms with van der Waals surface area (Å²) < 4.78 is 0. The van der Waals surface area contributed by atoms with Crippen LogP contribution in [0.2, 0.25) is 0 Å². The summed E-state index contributed by atoms with van der Waals surface area (Å²) in [6.07, 6.45) is 7.01. The summed E-state index contributed by atoms with van der Waals surface area (Å²) in [6, 6.07) is 7.11. The Labute approximate surface area is 114 Å². The Bertz CT molecular complexity index is 528. The first kappa shape index (κ1) is 12.5. The van der Waals surface area contributed by atoms with Gasteiger partial charge in [-0.3, -0.25) is 0 Å². The average molecular weight is 258 g/mol. The first-order chi connectivity index (χ1) is 9.33. The van der Waals surface area contributed by atoms with Gasteiger partial charge in [-0.15, -0.1) is 0 Å². The first-order valence-electron chi connectivity index (χ1n) is 7.20. The topological polar surface area (TPSA) is 44.0 Å². The number of aromatic nitrogens is 2. The molecule has 2 aromatic rings. The van der Waals surface area contributed by atoms with Gasteiger partial charge in [-0.1, -0.05) is 6.42 Å². The third kappa shape index (κ3) is 2.89. The normalized spacial score (nSPS) is 19.7. The molecule has 4 heteroatoms. The fourth-order valence-corrected chi connectivity index (χ4v) is 2.81. The number of rotatable bonds is 4. The Hall–Kier alpha value is -1.55. The molecule has 1 aromatic heterocycles. The van der Waals surface area contributed by atoms with Gasteiger partial charge >= 0.3 is 0 Å². The van der Waals surface area contributed by atoms with Crippen LogP contribution in [0.3, 0.4) is 0 Å². The lowest BCUT2D eigenvalue weighted by atomic mass is 10.0. The second-order valence-corrected chi connectivity index (χ2v) is 5.46. The molecule has 1 unspecified atom stereocenters. The summed E-state index contributed by atoms with van der Waals surface area (Å²) in [7, 11) is 2.17. The molecule has 1 atom stereocenters. The van der Waals surface area contributed by atoms with Crippen LogP contribution in [-0.2, 0) is 0 Å². The molecule has 4 nitrogen and oxygen atoms in total. The quantitative estimate of drug-likeness (QED) is 0.885. The molecule has 3 rings (SSSR count). The van der Waals surface area contributed by atoms with Crippen LogP contribution in [0.5, 0.6) is 0 Å². The van der Waals surface area contributed by atoms with Gasteiger partial charge in [0.25, 0.3) is 0 Å². The Morgan fingerprint density at radius 3 is 3.16 bits per heavy atom. The fraction of sp³-hybridized carbons (Fsp3) is 0.533. The Balaban J connectivity index is 1.60. The van der Waals surface area contributed by atoms with Crippen molar-refractivity contribution in [3.8, 4) is 0 Å². The van der Waals surface area contributed by atoms with Crippen LogP contribution in [0.25, 0.3) is 11.0 Å². The lowest BCUT2D eigenvalue weighted by Gasteiger charge is -2.26. The van der Waals surface area contributed by atoms with Gasteiger partial charge in [-0.2, -0.15) is 0 Å². The maximum absolute atomic E-state index is 4.25. The molecular formula is C15H22N4. The summed E-state index contributed by atoms with van der Waals surface area (Å²) in [5, 5.41) is 3.61. The highest BCUT2D eigenvalue weighted by atomic mass is 15.1. The zero-order valence-corrected chi connectivity index (χ0v) is 11.5. The van der Waals surface area contributed by atoms with E-state index in [0.717, 1.165) is 17.6 Å². The number of anilines is 1. The summed E-state index contributed by atoms with van der Waals surface area (Å²) >= 11 is 0. The maximum atomic E-state index is 4.25. The minimum atomic E-state index is 0.701. The first-order valence-corrected chi connectivity index (χ1v) is 7.20. The summed E-state index contributed by atoms with van der Waals surface area (Å²) in [5.41, 5.74) is 3.40. The Morgan fingerprint density at radius 1 is 1.37 bits per heavy atom. The number of fused-ring (bicyclic) bond motifs is 1. The molecule has 2 N–H and O–H groups in total. The van der Waals surface area contributed by atoms with Crippen molar-refractivity contribution >= 4 is 16.7 Å². The van der Waals surface area contributed by atoms with E-state index in [1.54, 1.807) is 6.33 Å². The van der Waals surface area contributed by atoms with Gasteiger partial charge in [-0.25, -0.2) is 4.98 Å². The second-order valence-electron chi connectivity index (χ2n) is 5.46. The Morgan fingerprint density at radius 2 is 2.32 bits per heavy atom. The highest BCUT2D eigenvalue weighted by Gasteiger charge is 2.13. The third-order valence-electron chi connectivity index (χ3n) is 4.07. The molecular weight excluding hydrogens is 236 g/mol. The van der Waals surface area contributed by atoms with Crippen LogP contribution in [0.4, 0.5) is 5.69 Å². The molecule has 19 heavy (non-hydrogen) atoms. The highest BCUT2D eigenvalue weighted by Crippen LogP contribution is 2.19. The molecule has 102 valence electrons. The van der Waals surface area contributed by atoms with Gasteiger partial charge in [0.1, 0.15) is 0 Å². The van der Waals surface area contributed by atoms with E-state index >= 15 is 0 Å². The molecule has 2 heterocycles. The van der Waals surface area contributed by atoms with Crippen LogP contribution in [0, 0.1) is 0 Å². The molecule has 0 aliphatic carbocycles. The number of aromatic amines is 1. The minimum Gasteiger partial charge on any atom is -0.374 e. The number of piperidine rings is 1. The van der Waals surface area contributed by atoms with Crippen molar-refractivity contribution in [1.82, 2.24) is 15.3 Å². The SMILES string of the molecule is CN(CCC1CCCCN1)c1ccc2nc[nH]c2c1. The van der Waals surface area contributed by atoms with Crippen LogP contribution < -0.4 is 10.2 Å². The molecule has 1 saturated heterocycles. The van der Waals surface area contributed by atoms with E-state index in [1.807, 2.05) is 0 Å². The monoisotopic (exact) mass is 258 g/mol. The maximum Gasteiger partial charge on any atom is 0.0931 e. The predicted molar refractivity (Wildman–Crippen MR) is 79.6 cm³/mol. The van der Waals surface area contributed by atoms with Gasteiger partial charge in [0.05, 0.1) is 17.4 Å². The van der Waals surface area contributed by atoms with E-state index in [1.165, 1.54) is 37.9 Å². The van der Waals surface area contributed by atoms with Crippen molar-refractivity contribution in [3.05, 3.63) is 24.5 Å². The van der Waals surface area contributed by atoms with Crippen molar-refractivity contribution < 1.29 is 0 Å². The van der Waals surface area contributed by atoms with E-state index < -0.39 is 0 Å². The van der Waals surface area contributed by atoms with E-state index in [2.05, 4.69) is 45.4 Å². The number of hydrogen-bond acceptors (Lipinski definition) is 3. The molecule has 0 amide bonds. The number of H-pyrrole nitrogens is 1. The van der Waals surface area contributed by atoms with E-state index in [4.69, 9.17) is 0 Å². The molecule has 0 saturated carbocycles. The van der Waals surface area contributed by atoms with E-state index in [-0.39, 0.29) is 0 Å². The highest BCUT2D eigenvalue weighted by molar-refractivity contribution is 5.78. The van der Waals surface area contributed by atoms with Crippen molar-refractivity contribution in [3.63, 3.8) is 0 Å². The largest absolute Gasteiger partial charge is 0.374 e. The third-order valence-corrected chi connectivity index (χ3v) is 4.07. The molecule has 0 spiro atoms. The number of hydrogen-bond donors (Lipinski definition) is 2. The minimum absolute atomic E-state index is 0.701. The molecule has 1 fully saturated rings. The predicted octanol–water partition coefficient (Wildman–Crippen LogP) is 2.53. The average Bonchev–Trinajstić information content (AvgIpc) is 2.93. The molecule has 1 aliphatic heterocycles. The van der Waals surface area contributed by atoms with Gasteiger partial charge in [0.2, 0.25) is 0 Å². The summed E-state index contributed by atoms with van der Waals surface area (Å²) in [4.78, 5) is 9.75. The molecule has 1 aliphatic rings. The number of benzene rings is 1. The zero-order valence-electron chi connectivity index (χ0n) is 11.5. The van der Waals surface area contributed by atoms with Gasteiger partial charge in [0.15, 0.2) is 0 Å². The summed E-state index contributed by atoms with van der Waals surface area (Å²) in [6.45, 7) is 2.28. The van der Waals surface area contributed by atoms with Gasteiger partial charge in [0, 0.05) is 25.3 Å². The lowest BCUT2D eigenvalue weighted by molar-refractivity contribution is 0.384. The lowest BCUT2D eigenvalue weighted by Crippen LogP contribution is -2.36. The van der Waals surface area contributed by atoms with Crippen LogP contribution in [0.1, 0.15) is 25.7 Å². The van der Waals surface area contributed by atoms with Crippen LogP contribution in [0.15, 0.2) is 24.5 Å². The number of nitrogens with zero attached hydrogens (tertiary/aromatic N) is 2. The van der Waals surface area contributed by atoms with Gasteiger partial charge < -0.3 is 15.2 Å². The van der Waals surface area contributed by atoms with Crippen molar-refractivity contribution in [1.29, 1.82) is 0 Å². The molecule has 0 bridgehead atoms. The second kappa shape index (κ2) is 5.61. The standard InChI is InChI=1S/C15H22N4/c1-19(9-7-12-4-2-3-8-16-12)13-5-6-14-15(10-13)18-11-17-14/h5-6,10-12,16H,2-4,7-9H2,1H3,(H,17,18). The van der Waals surface area contributed by atoms with Crippen molar-refractivity contribution in [2.75, 3.05) is 25.0 Å². The summed E-state index contributed by atoms with van der Waals surface area (Å²) in [5.74, 6) is 0. The number of nitrogens with one attached hydrogen (secondary N) is 2. The zero-order chi connectivity index (χ0) is 13.1. The van der Waals surface area contributed by atoms with E-state index in [0.29, 0.717) is 6.04 Å².